The van der Waals surface area contributed by atoms with Crippen LogP contribution in [0.5, 0.6) is 0 Å². The summed E-state index contributed by atoms with van der Waals surface area (Å²) in [6.07, 6.45) is 0.348. The third-order valence-electron chi connectivity index (χ3n) is 3.88. The van der Waals surface area contributed by atoms with Gasteiger partial charge in [-0.3, -0.25) is 0 Å². The van der Waals surface area contributed by atoms with Crippen LogP contribution >= 0.6 is 23.2 Å². The lowest BCUT2D eigenvalue weighted by atomic mass is 9.88. The number of hydrogen-bond donors (Lipinski definition) is 2. The van der Waals surface area contributed by atoms with Crippen molar-refractivity contribution >= 4 is 23.2 Å². The molecule has 0 aliphatic heterocycles. The number of likely N-dealkylation sites (N-methyl/N-ethyl adjacent to an activating group) is 1. The molecule has 2 nitrogen and oxygen atoms in total. The molecular weight excluding hydrogens is 317 g/mol. The molecule has 0 unspecified atom stereocenters. The molecule has 0 fully saturated rings. The van der Waals surface area contributed by atoms with Crippen LogP contribution in [0.1, 0.15) is 35.6 Å². The highest BCUT2D eigenvalue weighted by Crippen LogP contribution is 2.34. The molecule has 2 N–H and O–H groups in total. The molecule has 0 amide bonds. The van der Waals surface area contributed by atoms with E-state index in [4.69, 9.17) is 23.2 Å². The summed E-state index contributed by atoms with van der Waals surface area (Å²) < 4.78 is 0. The summed E-state index contributed by atoms with van der Waals surface area (Å²) in [7, 11) is 1.87. The van der Waals surface area contributed by atoms with Gasteiger partial charge in [0, 0.05) is 12.5 Å². The monoisotopic (exact) mass is 337 g/mol. The lowest BCUT2D eigenvalue weighted by Crippen LogP contribution is -2.23. The zero-order valence-corrected chi connectivity index (χ0v) is 14.3. The summed E-state index contributed by atoms with van der Waals surface area (Å²) in [6, 6.07) is 13.6. The maximum Gasteiger partial charge on any atom is 0.0870 e. The third kappa shape index (κ3) is 4.02. The molecule has 118 valence electrons. The Morgan fingerprint density at radius 3 is 2.45 bits per heavy atom. The molecule has 0 aromatic heterocycles. The second kappa shape index (κ2) is 7.98. The van der Waals surface area contributed by atoms with Crippen molar-refractivity contribution < 1.29 is 5.11 Å². The highest BCUT2D eigenvalue weighted by Gasteiger charge is 2.23. The number of aryl methyl sites for hydroxylation is 1. The number of halogens is 2. The van der Waals surface area contributed by atoms with Gasteiger partial charge in [0.25, 0.3) is 0 Å². The summed E-state index contributed by atoms with van der Waals surface area (Å²) in [5.41, 5.74) is 3.11. The fraction of sp³-hybridized carbons (Fsp3) is 0.333. The lowest BCUT2D eigenvalue weighted by Gasteiger charge is -2.24. The maximum absolute atomic E-state index is 10.8. The first kappa shape index (κ1) is 17.3. The molecule has 22 heavy (non-hydrogen) atoms. The normalized spacial score (nSPS) is 13.9. The van der Waals surface area contributed by atoms with E-state index in [0.717, 1.165) is 17.5 Å². The van der Waals surface area contributed by atoms with Crippen LogP contribution in [0.25, 0.3) is 0 Å². The summed E-state index contributed by atoms with van der Waals surface area (Å²) in [5, 5.41) is 15.0. The standard InChI is InChI=1S/C18H21Cl2NO/c1-3-12-5-4-6-14(9-12)18(22)15(11-21-2)13-7-8-16(19)17(20)10-13/h4-10,15,18,21-22H,3,11H2,1-2H3/t15-,18-/m1/s1. The Bertz CT molecular complexity index is 630. The third-order valence-corrected chi connectivity index (χ3v) is 4.62. The Morgan fingerprint density at radius 1 is 1.05 bits per heavy atom. The maximum atomic E-state index is 10.8. The molecule has 2 aromatic rings. The van der Waals surface area contributed by atoms with Gasteiger partial charge < -0.3 is 10.4 Å². The average Bonchev–Trinajstić information content (AvgIpc) is 2.54. The van der Waals surface area contributed by atoms with Crippen molar-refractivity contribution in [3.8, 4) is 0 Å². The molecule has 2 atom stereocenters. The predicted molar refractivity (Wildman–Crippen MR) is 93.9 cm³/mol. The van der Waals surface area contributed by atoms with Gasteiger partial charge in [0.05, 0.1) is 16.1 Å². The molecule has 0 spiro atoms. The van der Waals surface area contributed by atoms with E-state index in [2.05, 4.69) is 24.4 Å². The van der Waals surface area contributed by atoms with Gasteiger partial charge in [-0.15, -0.1) is 0 Å². The lowest BCUT2D eigenvalue weighted by molar-refractivity contribution is 0.144. The molecule has 0 saturated heterocycles. The minimum atomic E-state index is -0.601. The van der Waals surface area contributed by atoms with Gasteiger partial charge in [-0.2, -0.15) is 0 Å². The molecule has 0 radical (unpaired) electrons. The highest BCUT2D eigenvalue weighted by molar-refractivity contribution is 6.42. The average molecular weight is 338 g/mol. The van der Waals surface area contributed by atoms with Gasteiger partial charge in [-0.05, 0) is 42.3 Å². The molecule has 0 bridgehead atoms. The molecule has 0 heterocycles. The van der Waals surface area contributed by atoms with E-state index in [1.807, 2.05) is 31.3 Å². The van der Waals surface area contributed by atoms with Gasteiger partial charge in [0.1, 0.15) is 0 Å². The molecule has 4 heteroatoms. The van der Waals surface area contributed by atoms with E-state index < -0.39 is 6.10 Å². The number of hydrogen-bond acceptors (Lipinski definition) is 2. The fourth-order valence-electron chi connectivity index (χ4n) is 2.60. The zero-order valence-electron chi connectivity index (χ0n) is 12.8. The molecule has 0 aliphatic rings. The minimum absolute atomic E-state index is 0.0909. The molecular formula is C18H21Cl2NO. The van der Waals surface area contributed by atoms with E-state index in [1.165, 1.54) is 5.56 Å². The molecule has 0 aliphatic carbocycles. The summed E-state index contributed by atoms with van der Waals surface area (Å²) in [6.45, 7) is 2.75. The van der Waals surface area contributed by atoms with E-state index in [1.54, 1.807) is 6.07 Å². The summed E-state index contributed by atoms with van der Waals surface area (Å²) in [5.74, 6) is -0.0909. The van der Waals surface area contributed by atoms with Crippen molar-refractivity contribution in [2.75, 3.05) is 13.6 Å². The Kier molecular flexibility index (Phi) is 6.27. The van der Waals surface area contributed by atoms with E-state index in [9.17, 15) is 5.11 Å². The van der Waals surface area contributed by atoms with Crippen LogP contribution in [0.15, 0.2) is 42.5 Å². The first-order valence-corrected chi connectivity index (χ1v) is 8.18. The van der Waals surface area contributed by atoms with Crippen LogP contribution < -0.4 is 5.32 Å². The van der Waals surface area contributed by atoms with Gasteiger partial charge >= 0.3 is 0 Å². The Balaban J connectivity index is 2.35. The minimum Gasteiger partial charge on any atom is -0.388 e. The number of aliphatic hydroxyl groups is 1. The number of rotatable bonds is 6. The Hall–Kier alpha value is -1.06. The molecule has 0 saturated carbocycles. The zero-order chi connectivity index (χ0) is 16.1. The van der Waals surface area contributed by atoms with Gasteiger partial charge in [-0.1, -0.05) is 60.5 Å². The summed E-state index contributed by atoms with van der Waals surface area (Å²) >= 11 is 12.1. The van der Waals surface area contributed by atoms with E-state index in [0.29, 0.717) is 16.6 Å². The van der Waals surface area contributed by atoms with Crippen LogP contribution in [0, 0.1) is 0 Å². The van der Waals surface area contributed by atoms with Crippen molar-refractivity contribution in [2.45, 2.75) is 25.4 Å². The van der Waals surface area contributed by atoms with Crippen molar-refractivity contribution in [3.05, 3.63) is 69.2 Å². The highest BCUT2D eigenvalue weighted by atomic mass is 35.5. The van der Waals surface area contributed by atoms with Crippen molar-refractivity contribution in [1.82, 2.24) is 5.32 Å². The van der Waals surface area contributed by atoms with Crippen molar-refractivity contribution in [2.24, 2.45) is 0 Å². The largest absolute Gasteiger partial charge is 0.388 e. The number of nitrogens with one attached hydrogen (secondary N) is 1. The first-order valence-electron chi connectivity index (χ1n) is 7.43. The smallest absolute Gasteiger partial charge is 0.0870 e. The Labute approximate surface area is 142 Å². The van der Waals surface area contributed by atoms with Gasteiger partial charge in [-0.25, -0.2) is 0 Å². The quantitative estimate of drug-likeness (QED) is 0.807. The second-order valence-electron chi connectivity index (χ2n) is 5.38. The molecule has 2 rings (SSSR count). The number of benzene rings is 2. The topological polar surface area (TPSA) is 32.3 Å². The van der Waals surface area contributed by atoms with Crippen LogP contribution in [-0.2, 0) is 6.42 Å². The molecule has 2 aromatic carbocycles. The predicted octanol–water partition coefficient (Wildman–Crippen LogP) is 4.59. The van der Waals surface area contributed by atoms with Crippen LogP contribution in [0.3, 0.4) is 0 Å². The van der Waals surface area contributed by atoms with Crippen LogP contribution in [0.4, 0.5) is 0 Å². The fourth-order valence-corrected chi connectivity index (χ4v) is 2.91. The van der Waals surface area contributed by atoms with E-state index in [-0.39, 0.29) is 5.92 Å². The Morgan fingerprint density at radius 2 is 1.82 bits per heavy atom. The second-order valence-corrected chi connectivity index (χ2v) is 6.20. The van der Waals surface area contributed by atoms with Crippen LogP contribution in [0.2, 0.25) is 10.0 Å². The van der Waals surface area contributed by atoms with Crippen LogP contribution in [-0.4, -0.2) is 18.7 Å². The first-order chi connectivity index (χ1) is 10.6. The van der Waals surface area contributed by atoms with E-state index >= 15 is 0 Å². The number of aliphatic hydroxyl groups excluding tert-OH is 1. The van der Waals surface area contributed by atoms with Gasteiger partial charge in [0.2, 0.25) is 0 Å². The summed E-state index contributed by atoms with van der Waals surface area (Å²) in [4.78, 5) is 0. The van der Waals surface area contributed by atoms with Crippen molar-refractivity contribution in [3.63, 3.8) is 0 Å². The van der Waals surface area contributed by atoms with Gasteiger partial charge in [0.15, 0.2) is 0 Å². The van der Waals surface area contributed by atoms with Crippen molar-refractivity contribution in [1.29, 1.82) is 0 Å². The SMILES string of the molecule is CCc1cccc([C@@H](O)[C@H](CNC)c2ccc(Cl)c(Cl)c2)c1.